The summed E-state index contributed by atoms with van der Waals surface area (Å²) in [6, 6.07) is 16.0. The number of para-hydroxylation sites is 1. The summed E-state index contributed by atoms with van der Waals surface area (Å²) < 4.78 is 1.87. The van der Waals surface area contributed by atoms with Crippen LogP contribution in [0.4, 0.5) is 0 Å². The summed E-state index contributed by atoms with van der Waals surface area (Å²) in [6.45, 7) is 0. The van der Waals surface area contributed by atoms with Crippen molar-refractivity contribution in [1.82, 2.24) is 20.2 Å². The molecular formula is C24H25N5O2. The molecule has 0 radical (unpaired) electrons. The summed E-state index contributed by atoms with van der Waals surface area (Å²) in [5, 5.41) is 16.4. The zero-order valence-electron chi connectivity index (χ0n) is 17.4. The number of aryl methyl sites for hydroxylation is 1. The second kappa shape index (κ2) is 9.00. The van der Waals surface area contributed by atoms with E-state index in [9.17, 15) is 14.9 Å². The lowest BCUT2D eigenvalue weighted by molar-refractivity contribution is -0.127. The van der Waals surface area contributed by atoms with Crippen molar-refractivity contribution >= 4 is 22.7 Å². The molecule has 2 N–H and O–H groups in total. The second-order valence-electron chi connectivity index (χ2n) is 7.94. The molecule has 0 aliphatic heterocycles. The number of nitrogens with zero attached hydrogens (tertiary/aromatic N) is 3. The van der Waals surface area contributed by atoms with Crippen molar-refractivity contribution in [3.8, 4) is 6.07 Å². The molecule has 31 heavy (non-hydrogen) atoms. The van der Waals surface area contributed by atoms with Crippen LogP contribution in [0.5, 0.6) is 0 Å². The van der Waals surface area contributed by atoms with Crippen LogP contribution >= 0.6 is 0 Å². The van der Waals surface area contributed by atoms with Crippen molar-refractivity contribution in [1.29, 1.82) is 5.26 Å². The normalized spacial score (nSPS) is 19.4. The van der Waals surface area contributed by atoms with E-state index in [-0.39, 0.29) is 23.8 Å². The van der Waals surface area contributed by atoms with E-state index >= 15 is 0 Å². The minimum atomic E-state index is -0.815. The standard InChI is InChI=1S/C24H25N5O2/c1-29-21-12-5-2-8-16(21)14-22(29)24(31)27-18-10-4-3-9-17(18)23(30)28-20(15-25)19-11-6-7-13-26-19/h2,5-8,11-14,17-18,20H,3-4,9-10H2,1H3,(H,27,31)(H,28,30)/t17-,18+,20?/m1/s1. The van der Waals surface area contributed by atoms with Crippen LogP contribution in [-0.2, 0) is 11.8 Å². The van der Waals surface area contributed by atoms with E-state index in [1.807, 2.05) is 41.9 Å². The summed E-state index contributed by atoms with van der Waals surface area (Å²) in [5.41, 5.74) is 2.05. The molecule has 2 aromatic heterocycles. The molecule has 4 rings (SSSR count). The van der Waals surface area contributed by atoms with Crippen LogP contribution in [0.25, 0.3) is 10.9 Å². The van der Waals surface area contributed by atoms with E-state index < -0.39 is 6.04 Å². The summed E-state index contributed by atoms with van der Waals surface area (Å²) in [4.78, 5) is 30.3. The third kappa shape index (κ3) is 4.29. The predicted octanol–water partition coefficient (Wildman–Crippen LogP) is 3.24. The first kappa shape index (κ1) is 20.6. The molecule has 1 aliphatic carbocycles. The number of nitriles is 1. The summed E-state index contributed by atoms with van der Waals surface area (Å²) in [7, 11) is 1.87. The Hall–Kier alpha value is -3.66. The third-order valence-electron chi connectivity index (χ3n) is 6.00. The van der Waals surface area contributed by atoms with Crippen LogP contribution in [0.2, 0.25) is 0 Å². The van der Waals surface area contributed by atoms with Crippen molar-refractivity contribution in [2.45, 2.75) is 37.8 Å². The predicted molar refractivity (Wildman–Crippen MR) is 117 cm³/mol. The highest BCUT2D eigenvalue weighted by Gasteiger charge is 2.34. The summed E-state index contributed by atoms with van der Waals surface area (Å²) in [5.74, 6) is -0.795. The average molecular weight is 415 g/mol. The minimum absolute atomic E-state index is 0.190. The topological polar surface area (TPSA) is 99.8 Å². The lowest BCUT2D eigenvalue weighted by atomic mass is 9.83. The highest BCUT2D eigenvalue weighted by molar-refractivity contribution is 5.99. The first-order valence-electron chi connectivity index (χ1n) is 10.5. The highest BCUT2D eigenvalue weighted by atomic mass is 16.2. The SMILES string of the molecule is Cn1c(C(=O)N[C@H]2CCCC[C@H]2C(=O)NC(C#N)c2ccccn2)cc2ccccc21. The van der Waals surface area contributed by atoms with Crippen LogP contribution in [0.3, 0.4) is 0 Å². The van der Waals surface area contributed by atoms with Gasteiger partial charge < -0.3 is 15.2 Å². The number of fused-ring (bicyclic) bond motifs is 1. The molecule has 1 aromatic carbocycles. The molecule has 3 atom stereocenters. The maximum absolute atomic E-state index is 13.0. The molecule has 7 heteroatoms. The van der Waals surface area contributed by atoms with Gasteiger partial charge in [-0.3, -0.25) is 14.6 Å². The van der Waals surface area contributed by atoms with Crippen LogP contribution in [0.1, 0.15) is 47.9 Å². The molecule has 1 aliphatic rings. The van der Waals surface area contributed by atoms with E-state index in [1.54, 1.807) is 24.4 Å². The van der Waals surface area contributed by atoms with Crippen molar-refractivity contribution < 1.29 is 9.59 Å². The van der Waals surface area contributed by atoms with E-state index in [1.165, 1.54) is 0 Å². The number of nitrogens with one attached hydrogen (secondary N) is 2. The smallest absolute Gasteiger partial charge is 0.268 e. The Morgan fingerprint density at radius 1 is 1.16 bits per heavy atom. The number of carbonyl (C=O) groups excluding carboxylic acids is 2. The van der Waals surface area contributed by atoms with E-state index in [2.05, 4.69) is 21.7 Å². The van der Waals surface area contributed by atoms with Gasteiger partial charge in [0.05, 0.1) is 17.7 Å². The summed E-state index contributed by atoms with van der Waals surface area (Å²) in [6.07, 6.45) is 4.87. The largest absolute Gasteiger partial charge is 0.347 e. The van der Waals surface area contributed by atoms with Crippen LogP contribution in [0.15, 0.2) is 54.7 Å². The van der Waals surface area contributed by atoms with E-state index in [0.29, 0.717) is 17.8 Å². The van der Waals surface area contributed by atoms with Gasteiger partial charge in [-0.25, -0.2) is 0 Å². The Labute approximate surface area is 181 Å². The lowest BCUT2D eigenvalue weighted by Gasteiger charge is -2.31. The number of pyridine rings is 1. The Bertz CT molecular complexity index is 1130. The molecule has 3 aromatic rings. The summed E-state index contributed by atoms with van der Waals surface area (Å²) >= 11 is 0. The highest BCUT2D eigenvalue weighted by Crippen LogP contribution is 2.26. The second-order valence-corrected chi connectivity index (χ2v) is 7.94. The quantitative estimate of drug-likeness (QED) is 0.668. The van der Waals surface area contributed by atoms with E-state index in [0.717, 1.165) is 30.2 Å². The maximum Gasteiger partial charge on any atom is 0.268 e. The maximum atomic E-state index is 13.0. The van der Waals surface area contributed by atoms with Gasteiger partial charge in [0.2, 0.25) is 5.91 Å². The molecule has 0 saturated heterocycles. The Morgan fingerprint density at radius 2 is 1.94 bits per heavy atom. The van der Waals surface area contributed by atoms with Gasteiger partial charge in [0.1, 0.15) is 5.69 Å². The molecule has 1 saturated carbocycles. The number of hydrogen-bond donors (Lipinski definition) is 2. The molecule has 0 bridgehead atoms. The van der Waals surface area contributed by atoms with Gasteiger partial charge in [0, 0.05) is 30.2 Å². The lowest BCUT2D eigenvalue weighted by Crippen LogP contribution is -2.49. The minimum Gasteiger partial charge on any atom is -0.347 e. The van der Waals surface area contributed by atoms with Crippen molar-refractivity contribution in [3.05, 3.63) is 66.1 Å². The number of hydrogen-bond acceptors (Lipinski definition) is 4. The van der Waals surface area contributed by atoms with Gasteiger partial charge in [0.25, 0.3) is 5.91 Å². The van der Waals surface area contributed by atoms with Crippen molar-refractivity contribution in [2.24, 2.45) is 13.0 Å². The van der Waals surface area contributed by atoms with Crippen molar-refractivity contribution in [2.75, 3.05) is 0 Å². The fourth-order valence-corrected chi connectivity index (χ4v) is 4.33. The Kier molecular flexibility index (Phi) is 5.99. The Morgan fingerprint density at radius 3 is 2.68 bits per heavy atom. The number of carbonyl (C=O) groups is 2. The van der Waals surface area contributed by atoms with Gasteiger partial charge in [-0.15, -0.1) is 0 Å². The van der Waals surface area contributed by atoms with Gasteiger partial charge in [-0.05, 0) is 37.1 Å². The zero-order chi connectivity index (χ0) is 21.8. The molecular weight excluding hydrogens is 390 g/mol. The monoisotopic (exact) mass is 415 g/mol. The van der Waals surface area contributed by atoms with Gasteiger partial charge in [0.15, 0.2) is 6.04 Å². The number of aromatic nitrogens is 2. The van der Waals surface area contributed by atoms with Crippen molar-refractivity contribution in [3.63, 3.8) is 0 Å². The van der Waals surface area contributed by atoms with Gasteiger partial charge >= 0.3 is 0 Å². The molecule has 0 spiro atoms. The fourth-order valence-electron chi connectivity index (χ4n) is 4.33. The number of benzene rings is 1. The first-order chi connectivity index (χ1) is 15.1. The average Bonchev–Trinajstić information content (AvgIpc) is 3.15. The van der Waals surface area contributed by atoms with Gasteiger partial charge in [-0.2, -0.15) is 5.26 Å². The zero-order valence-corrected chi connectivity index (χ0v) is 17.4. The molecule has 158 valence electrons. The van der Waals surface area contributed by atoms with E-state index in [4.69, 9.17) is 0 Å². The van der Waals surface area contributed by atoms with Crippen LogP contribution < -0.4 is 10.6 Å². The fraction of sp³-hybridized carbons (Fsp3) is 0.333. The molecule has 7 nitrogen and oxygen atoms in total. The third-order valence-corrected chi connectivity index (χ3v) is 6.00. The first-order valence-corrected chi connectivity index (χ1v) is 10.5. The van der Waals surface area contributed by atoms with Crippen LogP contribution in [0, 0.1) is 17.2 Å². The van der Waals surface area contributed by atoms with Gasteiger partial charge in [-0.1, -0.05) is 37.1 Å². The van der Waals surface area contributed by atoms with Crippen LogP contribution in [-0.4, -0.2) is 27.4 Å². The number of amides is 2. The molecule has 2 heterocycles. The molecule has 2 amide bonds. The number of rotatable bonds is 5. The Balaban J connectivity index is 1.49. The molecule has 1 unspecified atom stereocenters. The molecule has 1 fully saturated rings.